The SMILES string of the molecule is CCC(C)(C)C(=O)OC12CC3CC(C1)CC(C(=O)OC(F)C(F)(F)S(=O)(=O)O)(C3)C2. The van der Waals surface area contributed by atoms with E-state index in [2.05, 4.69) is 4.74 Å². The minimum absolute atomic E-state index is 0.0154. The Morgan fingerprint density at radius 1 is 1.17 bits per heavy atom. The summed E-state index contributed by atoms with van der Waals surface area (Å²) in [4.78, 5) is 25.4. The van der Waals surface area contributed by atoms with Crippen LogP contribution in [-0.4, -0.2) is 42.1 Å². The van der Waals surface area contributed by atoms with Gasteiger partial charge in [0, 0.05) is 6.42 Å². The van der Waals surface area contributed by atoms with Crippen molar-refractivity contribution >= 4 is 22.1 Å². The van der Waals surface area contributed by atoms with Crippen molar-refractivity contribution < 1.29 is 45.2 Å². The molecule has 1 N–H and O–H groups in total. The summed E-state index contributed by atoms with van der Waals surface area (Å²) in [5.41, 5.74) is -3.02. The lowest BCUT2D eigenvalue weighted by Crippen LogP contribution is -2.61. The van der Waals surface area contributed by atoms with Gasteiger partial charge in [0.15, 0.2) is 0 Å². The zero-order valence-corrected chi connectivity index (χ0v) is 17.9. The zero-order valence-electron chi connectivity index (χ0n) is 17.1. The topological polar surface area (TPSA) is 107 Å². The summed E-state index contributed by atoms with van der Waals surface area (Å²) < 4.78 is 81.1. The molecule has 7 nitrogen and oxygen atoms in total. The molecule has 172 valence electrons. The highest BCUT2D eigenvalue weighted by Gasteiger charge is 2.65. The molecule has 4 aliphatic rings. The predicted molar refractivity (Wildman–Crippen MR) is 97.5 cm³/mol. The van der Waals surface area contributed by atoms with Gasteiger partial charge in [-0.1, -0.05) is 6.92 Å². The minimum Gasteiger partial charge on any atom is -0.459 e. The Hall–Kier alpha value is -1.36. The van der Waals surface area contributed by atoms with Crippen LogP contribution in [0, 0.1) is 22.7 Å². The third-order valence-electron chi connectivity index (χ3n) is 7.00. The van der Waals surface area contributed by atoms with E-state index >= 15 is 0 Å². The Bertz CT molecular complexity index is 825. The Balaban J connectivity index is 1.82. The molecule has 3 atom stereocenters. The van der Waals surface area contributed by atoms with Crippen LogP contribution in [0.15, 0.2) is 0 Å². The molecule has 0 aromatic rings. The second-order valence-corrected chi connectivity index (χ2v) is 11.3. The molecule has 0 heterocycles. The lowest BCUT2D eigenvalue weighted by Gasteiger charge is -2.60. The van der Waals surface area contributed by atoms with Gasteiger partial charge in [0.05, 0.1) is 10.8 Å². The van der Waals surface area contributed by atoms with Gasteiger partial charge in [-0.25, -0.2) is 0 Å². The number of halogens is 3. The van der Waals surface area contributed by atoms with Gasteiger partial charge in [-0.2, -0.15) is 21.6 Å². The highest BCUT2D eigenvalue weighted by Crippen LogP contribution is 2.63. The molecule has 0 spiro atoms. The van der Waals surface area contributed by atoms with E-state index in [4.69, 9.17) is 9.29 Å². The van der Waals surface area contributed by atoms with Gasteiger partial charge in [0.1, 0.15) is 5.60 Å². The van der Waals surface area contributed by atoms with Crippen LogP contribution in [0.2, 0.25) is 0 Å². The van der Waals surface area contributed by atoms with Crippen molar-refractivity contribution in [3.05, 3.63) is 0 Å². The number of alkyl halides is 3. The van der Waals surface area contributed by atoms with E-state index in [-0.39, 0.29) is 31.1 Å². The molecule has 0 radical (unpaired) electrons. The largest absolute Gasteiger partial charge is 0.459 e. The van der Waals surface area contributed by atoms with Crippen molar-refractivity contribution in [2.24, 2.45) is 22.7 Å². The summed E-state index contributed by atoms with van der Waals surface area (Å²) in [6, 6.07) is 0. The molecule has 0 saturated heterocycles. The highest BCUT2D eigenvalue weighted by atomic mass is 32.2. The van der Waals surface area contributed by atoms with Crippen molar-refractivity contribution in [2.45, 2.75) is 82.9 Å². The third-order valence-corrected chi connectivity index (χ3v) is 7.88. The van der Waals surface area contributed by atoms with Crippen molar-refractivity contribution in [1.82, 2.24) is 0 Å². The maximum absolute atomic E-state index is 13.9. The van der Waals surface area contributed by atoms with E-state index in [0.717, 1.165) is 6.42 Å². The average Bonchev–Trinajstić information content (AvgIpc) is 2.58. The summed E-state index contributed by atoms with van der Waals surface area (Å²) in [7, 11) is -6.11. The molecule has 4 saturated carbocycles. The average molecular weight is 456 g/mol. The Kier molecular flexibility index (Phi) is 5.50. The first-order valence-electron chi connectivity index (χ1n) is 9.99. The lowest BCUT2D eigenvalue weighted by molar-refractivity contribution is -0.230. The second kappa shape index (κ2) is 7.08. The molecule has 4 fully saturated rings. The van der Waals surface area contributed by atoms with Gasteiger partial charge in [0.25, 0.3) is 0 Å². The standard InChI is InChI=1S/C19H27F3O7S/c1-4-16(2,3)14(23)29-18-8-11-5-12(9-18)7-17(6-11,10-18)15(24)28-13(20)19(21,22)30(25,26)27/h11-13H,4-10H2,1-3H3,(H,25,26,27). The second-order valence-electron chi connectivity index (χ2n) is 9.81. The van der Waals surface area contributed by atoms with E-state index in [0.29, 0.717) is 19.3 Å². The van der Waals surface area contributed by atoms with Gasteiger partial charge < -0.3 is 9.47 Å². The lowest BCUT2D eigenvalue weighted by atomic mass is 9.48. The smallest absolute Gasteiger partial charge is 0.435 e. The number of hydrogen-bond acceptors (Lipinski definition) is 6. The van der Waals surface area contributed by atoms with Crippen LogP contribution in [0.5, 0.6) is 0 Å². The molecular formula is C19H27F3O7S. The van der Waals surface area contributed by atoms with Gasteiger partial charge in [-0.3, -0.25) is 14.1 Å². The van der Waals surface area contributed by atoms with Gasteiger partial charge in [-0.15, -0.1) is 0 Å². The first-order valence-corrected chi connectivity index (χ1v) is 11.4. The van der Waals surface area contributed by atoms with Crippen LogP contribution in [0.3, 0.4) is 0 Å². The monoisotopic (exact) mass is 456 g/mol. The highest BCUT2D eigenvalue weighted by molar-refractivity contribution is 7.86. The van der Waals surface area contributed by atoms with E-state index in [9.17, 15) is 31.2 Å². The number of rotatable bonds is 7. The normalized spacial score (nSPS) is 34.5. The fourth-order valence-electron chi connectivity index (χ4n) is 5.42. The van der Waals surface area contributed by atoms with Crippen LogP contribution in [0.1, 0.15) is 65.7 Å². The maximum atomic E-state index is 13.9. The minimum atomic E-state index is -6.11. The Labute approximate surface area is 173 Å². The number of carbonyl (C=O) groups is 2. The Morgan fingerprint density at radius 2 is 1.70 bits per heavy atom. The fraction of sp³-hybridized carbons (Fsp3) is 0.895. The van der Waals surface area contributed by atoms with E-state index in [1.54, 1.807) is 13.8 Å². The van der Waals surface area contributed by atoms with Crippen LogP contribution >= 0.6 is 0 Å². The molecule has 4 bridgehead atoms. The quantitative estimate of drug-likeness (QED) is 0.461. The third kappa shape index (κ3) is 3.83. The van der Waals surface area contributed by atoms with Crippen molar-refractivity contribution in [2.75, 3.05) is 0 Å². The van der Waals surface area contributed by atoms with Gasteiger partial charge in [0.2, 0.25) is 0 Å². The predicted octanol–water partition coefficient (Wildman–Crippen LogP) is 3.62. The summed E-state index contributed by atoms with van der Waals surface area (Å²) in [6.07, 6.45) is -0.908. The van der Waals surface area contributed by atoms with Crippen molar-refractivity contribution in [3.8, 4) is 0 Å². The van der Waals surface area contributed by atoms with Gasteiger partial charge >= 0.3 is 33.7 Å². The molecular weight excluding hydrogens is 429 g/mol. The molecule has 4 aliphatic carbocycles. The molecule has 0 aromatic heterocycles. The summed E-state index contributed by atoms with van der Waals surface area (Å²) in [5.74, 6) is -1.74. The molecule has 0 aliphatic heterocycles. The first-order chi connectivity index (χ1) is 13.6. The van der Waals surface area contributed by atoms with Crippen molar-refractivity contribution in [1.29, 1.82) is 0 Å². The van der Waals surface area contributed by atoms with Crippen LogP contribution < -0.4 is 0 Å². The molecule has 0 aromatic carbocycles. The van der Waals surface area contributed by atoms with E-state index in [1.165, 1.54) is 0 Å². The molecule has 3 unspecified atom stereocenters. The van der Waals surface area contributed by atoms with Crippen molar-refractivity contribution in [3.63, 3.8) is 0 Å². The van der Waals surface area contributed by atoms with Crippen LogP contribution in [-0.2, 0) is 29.2 Å². The molecule has 0 amide bonds. The zero-order chi connectivity index (χ0) is 22.8. The van der Waals surface area contributed by atoms with Crippen LogP contribution in [0.25, 0.3) is 0 Å². The van der Waals surface area contributed by atoms with Crippen LogP contribution in [0.4, 0.5) is 13.2 Å². The summed E-state index contributed by atoms with van der Waals surface area (Å²) in [5, 5.41) is -5.28. The number of ether oxygens (including phenoxy) is 2. The van der Waals surface area contributed by atoms with E-state index in [1.807, 2.05) is 6.92 Å². The maximum Gasteiger partial charge on any atom is 0.435 e. The number of carbonyl (C=O) groups excluding carboxylic acids is 2. The number of esters is 2. The summed E-state index contributed by atoms with van der Waals surface area (Å²) in [6.45, 7) is 5.33. The Morgan fingerprint density at radius 3 is 2.17 bits per heavy atom. The van der Waals surface area contributed by atoms with Gasteiger partial charge in [-0.05, 0) is 64.2 Å². The number of hydrogen-bond donors (Lipinski definition) is 1. The summed E-state index contributed by atoms with van der Waals surface area (Å²) >= 11 is 0. The molecule has 11 heteroatoms. The fourth-order valence-corrected chi connectivity index (χ4v) is 5.70. The molecule has 30 heavy (non-hydrogen) atoms. The van der Waals surface area contributed by atoms with E-state index < -0.39 is 50.1 Å². The first kappa shape index (κ1) is 23.3. The molecule has 4 rings (SSSR count).